The molecule has 0 saturated heterocycles. The first-order chi connectivity index (χ1) is 32.3. The number of allylic oxidation sites excluding steroid dienone is 4. The largest absolute Gasteiger partial charge is 0.455 e. The van der Waals surface area contributed by atoms with Crippen LogP contribution in [0.5, 0.6) is 0 Å². The van der Waals surface area contributed by atoms with E-state index < -0.39 is 0 Å². The molecule has 0 bridgehead atoms. The molecule has 0 saturated carbocycles. The molecule has 11 aromatic rings. The second-order valence-electron chi connectivity index (χ2n) is 17.8. The number of nitrogens with zero attached hydrogens (tertiary/aromatic N) is 1. The van der Waals surface area contributed by atoms with Crippen LogP contribution in [0.3, 0.4) is 0 Å². The molecule has 0 aliphatic heterocycles. The van der Waals surface area contributed by atoms with E-state index in [0.717, 1.165) is 68.4 Å². The second-order valence-corrected chi connectivity index (χ2v) is 17.8. The minimum absolute atomic E-state index is 0.384. The summed E-state index contributed by atoms with van der Waals surface area (Å²) in [5, 5.41) is 7.04. The molecule has 0 radical (unpaired) electrons. The van der Waals surface area contributed by atoms with Gasteiger partial charge in [-0.1, -0.05) is 188 Å². The van der Waals surface area contributed by atoms with E-state index in [4.69, 9.17) is 4.42 Å². The summed E-state index contributed by atoms with van der Waals surface area (Å²) < 4.78 is 7.01. The quantitative estimate of drug-likeness (QED) is 0.172. The van der Waals surface area contributed by atoms with Gasteiger partial charge in [0.05, 0.1) is 11.1 Å². The van der Waals surface area contributed by atoms with Gasteiger partial charge in [-0.3, -0.25) is 0 Å². The van der Waals surface area contributed by atoms with Gasteiger partial charge in [0, 0.05) is 38.7 Å². The Bertz CT molecular complexity index is 3840. The summed E-state index contributed by atoms with van der Waals surface area (Å²) in [7, 11) is 0. The third-order valence-corrected chi connectivity index (χ3v) is 14.6. The van der Waals surface area contributed by atoms with E-state index in [1.54, 1.807) is 0 Å². The lowest BCUT2D eigenvalue weighted by Gasteiger charge is -2.34. The summed E-state index contributed by atoms with van der Waals surface area (Å²) in [5.74, 6) is 0. The highest BCUT2D eigenvalue weighted by Gasteiger charge is 2.52. The Hall–Kier alpha value is -8.20. The molecule has 10 aromatic carbocycles. The van der Waals surface area contributed by atoms with E-state index >= 15 is 0 Å². The topological polar surface area (TPSA) is 16.4 Å². The van der Waals surface area contributed by atoms with E-state index in [1.807, 2.05) is 0 Å². The first kappa shape index (κ1) is 36.3. The summed E-state index contributed by atoms with van der Waals surface area (Å²) in [4.78, 5) is 2.48. The normalized spacial score (nSPS) is 15.8. The molecular formula is C63H41NO. The fourth-order valence-electron chi connectivity index (χ4n) is 11.9. The highest BCUT2D eigenvalue weighted by Crippen LogP contribution is 2.64. The van der Waals surface area contributed by atoms with Crippen LogP contribution in [-0.4, -0.2) is 0 Å². The third-order valence-electron chi connectivity index (χ3n) is 14.6. The maximum Gasteiger partial charge on any atom is 0.143 e. The Balaban J connectivity index is 1.02. The molecule has 2 heteroatoms. The molecule has 1 heterocycles. The Morgan fingerprint density at radius 1 is 0.400 bits per heavy atom. The standard InChI is InChI=1S/C63H41NO/c1-3-18-45-40(15-1)17-13-24-46(45)42-31-34-43(35-32-42)64(60-30-12-8-23-52(60)53-25-14-26-54-55-37-33-41-16-2-4-19-47(41)61(55)65-62(53)54)44-36-38-51-50-22-7-11-29-58(50)63(59(51)39-44)56-27-9-5-20-48(56)49-21-6-10-28-57(49)63/h1-9,11-27,29-39H,10,28H2. The zero-order valence-electron chi connectivity index (χ0n) is 35.6. The van der Waals surface area contributed by atoms with Gasteiger partial charge in [0.1, 0.15) is 11.2 Å². The number of hydrogen-bond donors (Lipinski definition) is 0. The molecule has 1 spiro atoms. The van der Waals surface area contributed by atoms with Crippen molar-refractivity contribution in [3.63, 3.8) is 0 Å². The zero-order chi connectivity index (χ0) is 42.6. The van der Waals surface area contributed by atoms with Gasteiger partial charge in [-0.2, -0.15) is 0 Å². The molecule has 0 amide bonds. The van der Waals surface area contributed by atoms with E-state index in [0.29, 0.717) is 0 Å². The molecular weight excluding hydrogens is 787 g/mol. The number of hydrogen-bond acceptors (Lipinski definition) is 2. The number of furan rings is 1. The van der Waals surface area contributed by atoms with Crippen LogP contribution in [0.25, 0.3) is 82.4 Å². The molecule has 304 valence electrons. The van der Waals surface area contributed by atoms with Crippen molar-refractivity contribution in [2.75, 3.05) is 4.90 Å². The molecule has 14 rings (SSSR count). The number of rotatable bonds is 5. The average molecular weight is 828 g/mol. The third kappa shape index (κ3) is 5.11. The average Bonchev–Trinajstić information content (AvgIpc) is 4.01. The fourth-order valence-corrected chi connectivity index (χ4v) is 11.9. The predicted molar refractivity (Wildman–Crippen MR) is 271 cm³/mol. The number of anilines is 3. The Morgan fingerprint density at radius 3 is 1.86 bits per heavy atom. The van der Waals surface area contributed by atoms with Crippen molar-refractivity contribution in [1.82, 2.24) is 0 Å². The maximum absolute atomic E-state index is 7.01. The van der Waals surface area contributed by atoms with Crippen molar-refractivity contribution in [2.24, 2.45) is 0 Å². The Morgan fingerprint density at radius 2 is 1.00 bits per heavy atom. The lowest BCUT2D eigenvalue weighted by atomic mass is 9.68. The monoisotopic (exact) mass is 827 g/mol. The van der Waals surface area contributed by atoms with Crippen molar-refractivity contribution >= 4 is 66.1 Å². The van der Waals surface area contributed by atoms with Gasteiger partial charge in [0.15, 0.2) is 0 Å². The van der Waals surface area contributed by atoms with Crippen molar-refractivity contribution < 1.29 is 4.42 Å². The van der Waals surface area contributed by atoms with Gasteiger partial charge in [-0.15, -0.1) is 0 Å². The maximum atomic E-state index is 7.01. The van der Waals surface area contributed by atoms with Gasteiger partial charge >= 0.3 is 0 Å². The zero-order valence-corrected chi connectivity index (χ0v) is 35.6. The molecule has 3 aliphatic rings. The van der Waals surface area contributed by atoms with Crippen LogP contribution < -0.4 is 4.90 Å². The second kappa shape index (κ2) is 13.9. The minimum Gasteiger partial charge on any atom is -0.455 e. The van der Waals surface area contributed by atoms with E-state index in [-0.39, 0.29) is 5.41 Å². The molecule has 1 atom stereocenters. The lowest BCUT2D eigenvalue weighted by molar-refractivity contribution is 0.674. The van der Waals surface area contributed by atoms with Crippen LogP contribution in [0.1, 0.15) is 35.1 Å². The smallest absolute Gasteiger partial charge is 0.143 e. The predicted octanol–water partition coefficient (Wildman–Crippen LogP) is 17.1. The molecule has 0 N–H and O–H groups in total. The molecule has 2 nitrogen and oxygen atoms in total. The summed E-state index contributed by atoms with van der Waals surface area (Å²) in [6.45, 7) is 0. The number of para-hydroxylation sites is 2. The van der Waals surface area contributed by atoms with Gasteiger partial charge in [0.25, 0.3) is 0 Å². The van der Waals surface area contributed by atoms with Crippen molar-refractivity contribution in [3.8, 4) is 33.4 Å². The number of benzene rings is 10. The summed E-state index contributed by atoms with van der Waals surface area (Å²) in [6, 6.07) is 78.4. The summed E-state index contributed by atoms with van der Waals surface area (Å²) in [5.41, 5.74) is 20.3. The molecule has 0 fully saturated rings. The van der Waals surface area contributed by atoms with Crippen molar-refractivity contribution in [2.45, 2.75) is 18.3 Å². The van der Waals surface area contributed by atoms with Gasteiger partial charge < -0.3 is 9.32 Å². The van der Waals surface area contributed by atoms with Crippen LogP contribution >= 0.6 is 0 Å². The highest BCUT2D eigenvalue weighted by molar-refractivity contribution is 6.18. The van der Waals surface area contributed by atoms with Crippen LogP contribution in [0.15, 0.2) is 234 Å². The van der Waals surface area contributed by atoms with Gasteiger partial charge in [0.2, 0.25) is 0 Å². The van der Waals surface area contributed by atoms with E-state index in [2.05, 4.69) is 229 Å². The van der Waals surface area contributed by atoms with Gasteiger partial charge in [-0.25, -0.2) is 0 Å². The van der Waals surface area contributed by atoms with Crippen LogP contribution in [0.2, 0.25) is 0 Å². The molecule has 1 aromatic heterocycles. The van der Waals surface area contributed by atoms with Crippen LogP contribution in [-0.2, 0) is 5.41 Å². The van der Waals surface area contributed by atoms with Gasteiger partial charge in [-0.05, 0) is 121 Å². The van der Waals surface area contributed by atoms with Crippen LogP contribution in [0, 0.1) is 0 Å². The molecule has 3 aliphatic carbocycles. The lowest BCUT2D eigenvalue weighted by Crippen LogP contribution is -2.28. The minimum atomic E-state index is -0.384. The SMILES string of the molecule is C1=CC2=C(CC1)C1(c3ccccc32)c2ccccc2-c2ccc(N(c3ccc(-c4cccc5ccccc45)cc3)c3ccccc3-c3cccc4c3oc3c5ccccc5ccc43)cc21. The molecule has 1 unspecified atom stereocenters. The van der Waals surface area contributed by atoms with E-state index in [1.165, 1.54) is 71.8 Å². The first-order valence-electron chi connectivity index (χ1n) is 22.8. The molecule has 65 heavy (non-hydrogen) atoms. The van der Waals surface area contributed by atoms with Crippen molar-refractivity contribution in [3.05, 3.63) is 252 Å². The Labute approximate surface area is 377 Å². The Kier molecular flexibility index (Phi) is 7.76. The summed E-state index contributed by atoms with van der Waals surface area (Å²) >= 11 is 0. The fraction of sp³-hybridized carbons (Fsp3) is 0.0476. The van der Waals surface area contributed by atoms with Crippen LogP contribution in [0.4, 0.5) is 17.1 Å². The summed E-state index contributed by atoms with van der Waals surface area (Å²) in [6.07, 6.45) is 6.81. The van der Waals surface area contributed by atoms with E-state index in [9.17, 15) is 0 Å². The number of fused-ring (bicyclic) bond motifs is 15. The first-order valence-corrected chi connectivity index (χ1v) is 22.8. The highest BCUT2D eigenvalue weighted by atomic mass is 16.3. The van der Waals surface area contributed by atoms with Crippen molar-refractivity contribution in [1.29, 1.82) is 0 Å².